The fraction of sp³-hybridized carbons (Fsp3) is 0.357. The van der Waals surface area contributed by atoms with E-state index in [1.165, 1.54) is 0 Å². The minimum absolute atomic E-state index is 0.329. The molecule has 0 saturated carbocycles. The van der Waals surface area contributed by atoms with Crippen LogP contribution in [0.3, 0.4) is 0 Å². The zero-order valence-corrected chi connectivity index (χ0v) is 14.9. The van der Waals surface area contributed by atoms with Crippen LogP contribution in [0.2, 0.25) is 0 Å². The molecule has 0 fully saturated rings. The summed E-state index contributed by atoms with van der Waals surface area (Å²) in [7, 11) is 3.71. The fourth-order valence-electron chi connectivity index (χ4n) is 1.67. The summed E-state index contributed by atoms with van der Waals surface area (Å²) in [6, 6.07) is 1.70. The number of carbonyl (C=O) groups excluding carboxylic acids is 1. The van der Waals surface area contributed by atoms with Gasteiger partial charge in [0, 0.05) is 14.1 Å². The number of anilines is 1. The molecule has 0 atom stereocenters. The Morgan fingerprint density at radius 2 is 2.10 bits per heavy atom. The van der Waals surface area contributed by atoms with Crippen molar-refractivity contribution in [2.75, 3.05) is 32.2 Å². The Kier molecular flexibility index (Phi) is 6.55. The van der Waals surface area contributed by atoms with E-state index in [-0.39, 0.29) is 5.97 Å². The third-order valence-corrected chi connectivity index (χ3v) is 3.76. The molecule has 20 heavy (non-hydrogen) atoms. The number of carbonyl (C=O) groups is 1. The minimum Gasteiger partial charge on any atom is -0.487 e. The molecule has 4 nitrogen and oxygen atoms in total. The van der Waals surface area contributed by atoms with Gasteiger partial charge >= 0.3 is 5.97 Å². The van der Waals surface area contributed by atoms with Crippen LogP contribution in [0, 0.1) is 0 Å². The van der Waals surface area contributed by atoms with Gasteiger partial charge in [-0.05, 0) is 44.8 Å². The van der Waals surface area contributed by atoms with Crippen LogP contribution in [0.1, 0.15) is 17.3 Å². The maximum Gasteiger partial charge on any atom is 0.340 e. The van der Waals surface area contributed by atoms with Gasteiger partial charge in [0.15, 0.2) is 0 Å². The van der Waals surface area contributed by atoms with Crippen LogP contribution in [-0.2, 0) is 4.74 Å². The van der Waals surface area contributed by atoms with Gasteiger partial charge in [-0.15, -0.1) is 0 Å². The van der Waals surface area contributed by atoms with E-state index in [1.54, 1.807) is 19.1 Å². The quantitative estimate of drug-likeness (QED) is 0.528. The molecule has 1 aromatic rings. The molecular formula is C14H17Br2NO3. The maximum atomic E-state index is 12.1. The second-order valence-electron chi connectivity index (χ2n) is 4.11. The van der Waals surface area contributed by atoms with E-state index < -0.39 is 0 Å². The maximum absolute atomic E-state index is 12.1. The number of rotatable bonds is 6. The zero-order chi connectivity index (χ0) is 15.3. The van der Waals surface area contributed by atoms with Crippen LogP contribution in [0.4, 0.5) is 5.69 Å². The standard InChI is InChI=1S/C14H17Br2NO3/c1-5-7-20-13-10(15)8-9(14(18)19-6-2)12(11(13)16)17(3)4/h5,8H,1,6-7H2,2-4H3. The largest absolute Gasteiger partial charge is 0.487 e. The molecule has 0 heterocycles. The SMILES string of the molecule is C=CCOc1c(Br)cc(C(=O)OCC)c(N(C)C)c1Br. The first-order valence-corrected chi connectivity index (χ1v) is 7.62. The van der Waals surface area contributed by atoms with Gasteiger partial charge < -0.3 is 14.4 Å². The van der Waals surface area contributed by atoms with Crippen LogP contribution < -0.4 is 9.64 Å². The van der Waals surface area contributed by atoms with Crippen LogP contribution in [0.5, 0.6) is 5.75 Å². The smallest absolute Gasteiger partial charge is 0.340 e. The lowest BCUT2D eigenvalue weighted by atomic mass is 10.1. The van der Waals surface area contributed by atoms with Crippen molar-refractivity contribution in [2.45, 2.75) is 6.92 Å². The summed E-state index contributed by atoms with van der Waals surface area (Å²) in [5, 5.41) is 0. The minimum atomic E-state index is -0.368. The highest BCUT2D eigenvalue weighted by Gasteiger charge is 2.22. The lowest BCUT2D eigenvalue weighted by molar-refractivity contribution is 0.0527. The Bertz CT molecular complexity index is 516. The molecule has 110 valence electrons. The fourth-order valence-corrected chi connectivity index (χ4v) is 3.37. The third-order valence-electron chi connectivity index (χ3n) is 2.44. The van der Waals surface area contributed by atoms with Crippen molar-refractivity contribution in [3.63, 3.8) is 0 Å². The molecule has 0 unspecified atom stereocenters. The Morgan fingerprint density at radius 1 is 1.45 bits per heavy atom. The van der Waals surface area contributed by atoms with Crippen molar-refractivity contribution >= 4 is 43.5 Å². The number of esters is 1. The molecule has 0 aliphatic heterocycles. The summed E-state index contributed by atoms with van der Waals surface area (Å²) in [6.45, 7) is 6.11. The molecule has 0 aliphatic carbocycles. The Labute approximate surface area is 136 Å². The Balaban J connectivity index is 3.39. The number of hydrogen-bond donors (Lipinski definition) is 0. The monoisotopic (exact) mass is 405 g/mol. The van der Waals surface area contributed by atoms with E-state index in [0.29, 0.717) is 39.2 Å². The molecule has 1 aromatic carbocycles. The van der Waals surface area contributed by atoms with Crippen LogP contribution >= 0.6 is 31.9 Å². The lowest BCUT2D eigenvalue weighted by Gasteiger charge is -2.21. The molecule has 0 radical (unpaired) electrons. The van der Waals surface area contributed by atoms with E-state index in [1.807, 2.05) is 19.0 Å². The van der Waals surface area contributed by atoms with Crippen molar-refractivity contribution in [1.82, 2.24) is 0 Å². The van der Waals surface area contributed by atoms with Crippen LogP contribution in [0.25, 0.3) is 0 Å². The molecule has 1 rings (SSSR count). The van der Waals surface area contributed by atoms with Crippen molar-refractivity contribution < 1.29 is 14.3 Å². The first-order valence-electron chi connectivity index (χ1n) is 6.04. The highest BCUT2D eigenvalue weighted by atomic mass is 79.9. The zero-order valence-electron chi connectivity index (χ0n) is 11.7. The number of nitrogens with zero attached hydrogens (tertiary/aromatic N) is 1. The van der Waals surface area contributed by atoms with Crippen molar-refractivity contribution in [2.24, 2.45) is 0 Å². The van der Waals surface area contributed by atoms with Gasteiger partial charge in [0.25, 0.3) is 0 Å². The summed E-state index contributed by atoms with van der Waals surface area (Å²) < 4.78 is 12.1. The molecular weight excluding hydrogens is 390 g/mol. The lowest BCUT2D eigenvalue weighted by Crippen LogP contribution is -2.17. The highest BCUT2D eigenvalue weighted by Crippen LogP contribution is 2.42. The van der Waals surface area contributed by atoms with E-state index in [4.69, 9.17) is 9.47 Å². The number of halogens is 2. The van der Waals surface area contributed by atoms with Crippen LogP contribution in [0.15, 0.2) is 27.7 Å². The number of ether oxygens (including phenoxy) is 2. The number of benzene rings is 1. The molecule has 6 heteroatoms. The van der Waals surface area contributed by atoms with Crippen molar-refractivity contribution in [3.8, 4) is 5.75 Å². The first-order chi connectivity index (χ1) is 9.43. The predicted molar refractivity (Wildman–Crippen MR) is 87.8 cm³/mol. The van der Waals surface area contributed by atoms with Gasteiger partial charge in [0.05, 0.1) is 26.8 Å². The topological polar surface area (TPSA) is 38.8 Å². The Hall–Kier alpha value is -1.01. The van der Waals surface area contributed by atoms with Crippen LogP contribution in [-0.4, -0.2) is 33.3 Å². The summed E-state index contributed by atoms with van der Waals surface area (Å²) in [6.07, 6.45) is 1.66. The van der Waals surface area contributed by atoms with E-state index in [2.05, 4.69) is 38.4 Å². The number of hydrogen-bond acceptors (Lipinski definition) is 4. The summed E-state index contributed by atoms with van der Waals surface area (Å²) in [5.41, 5.74) is 1.19. The second kappa shape index (κ2) is 7.69. The van der Waals surface area contributed by atoms with E-state index >= 15 is 0 Å². The van der Waals surface area contributed by atoms with Gasteiger partial charge in [0.1, 0.15) is 12.4 Å². The van der Waals surface area contributed by atoms with Gasteiger partial charge in [-0.25, -0.2) is 4.79 Å². The van der Waals surface area contributed by atoms with E-state index in [9.17, 15) is 4.79 Å². The predicted octanol–water partition coefficient (Wildman–Crippen LogP) is 4.02. The van der Waals surface area contributed by atoms with E-state index in [0.717, 1.165) is 0 Å². The van der Waals surface area contributed by atoms with Crippen molar-refractivity contribution in [3.05, 3.63) is 33.2 Å². The second-order valence-corrected chi connectivity index (χ2v) is 5.76. The summed E-state index contributed by atoms with van der Waals surface area (Å²) in [5.74, 6) is 0.259. The summed E-state index contributed by atoms with van der Waals surface area (Å²) >= 11 is 6.91. The average Bonchev–Trinajstić information content (AvgIpc) is 2.37. The van der Waals surface area contributed by atoms with Gasteiger partial charge in [-0.3, -0.25) is 0 Å². The molecule has 0 bridgehead atoms. The highest BCUT2D eigenvalue weighted by molar-refractivity contribution is 9.11. The van der Waals surface area contributed by atoms with Gasteiger partial charge in [-0.1, -0.05) is 12.7 Å². The first kappa shape index (κ1) is 17.0. The van der Waals surface area contributed by atoms with Crippen molar-refractivity contribution in [1.29, 1.82) is 0 Å². The molecule has 0 aromatic heterocycles. The molecule has 0 saturated heterocycles. The molecule has 0 spiro atoms. The van der Waals surface area contributed by atoms with Gasteiger partial charge in [0.2, 0.25) is 0 Å². The Morgan fingerprint density at radius 3 is 2.60 bits per heavy atom. The normalized spacial score (nSPS) is 10.1. The molecule has 0 N–H and O–H groups in total. The third kappa shape index (κ3) is 3.76. The average molecular weight is 407 g/mol. The summed E-state index contributed by atoms with van der Waals surface area (Å²) in [4.78, 5) is 13.9. The molecule has 0 aliphatic rings. The van der Waals surface area contributed by atoms with Gasteiger partial charge in [-0.2, -0.15) is 0 Å². The molecule has 0 amide bonds.